The standard InChI is InChI=1S/C12H15NO/c1-14-12-6-4-10(5-7-12)11-3-2-8-13-9-11/h3-7,13H,2,8-9H2,1H3. The lowest BCUT2D eigenvalue weighted by molar-refractivity contribution is 0.415. The molecule has 74 valence electrons. The average molecular weight is 189 g/mol. The minimum absolute atomic E-state index is 0.915. The molecule has 0 unspecified atom stereocenters. The molecule has 1 aromatic carbocycles. The fraction of sp³-hybridized carbons (Fsp3) is 0.333. The van der Waals surface area contributed by atoms with Crippen LogP contribution in [0.4, 0.5) is 0 Å². The van der Waals surface area contributed by atoms with Crippen LogP contribution < -0.4 is 10.1 Å². The molecule has 0 bridgehead atoms. The summed E-state index contributed by atoms with van der Waals surface area (Å²) in [4.78, 5) is 0. The number of rotatable bonds is 2. The molecule has 0 aromatic heterocycles. The van der Waals surface area contributed by atoms with Crippen LogP contribution in [0, 0.1) is 0 Å². The fourth-order valence-corrected chi connectivity index (χ4v) is 1.67. The molecule has 0 atom stereocenters. The van der Waals surface area contributed by atoms with Crippen LogP contribution in [0.5, 0.6) is 5.75 Å². The Balaban J connectivity index is 2.19. The third kappa shape index (κ3) is 1.96. The Morgan fingerprint density at radius 1 is 1.21 bits per heavy atom. The predicted molar refractivity (Wildman–Crippen MR) is 58.5 cm³/mol. The molecule has 14 heavy (non-hydrogen) atoms. The van der Waals surface area contributed by atoms with Gasteiger partial charge in [0, 0.05) is 6.54 Å². The molecule has 2 nitrogen and oxygen atoms in total. The van der Waals surface area contributed by atoms with Gasteiger partial charge in [-0.3, -0.25) is 0 Å². The van der Waals surface area contributed by atoms with E-state index in [2.05, 4.69) is 23.5 Å². The van der Waals surface area contributed by atoms with Gasteiger partial charge in [-0.2, -0.15) is 0 Å². The maximum Gasteiger partial charge on any atom is 0.118 e. The molecule has 1 aromatic rings. The summed E-state index contributed by atoms with van der Waals surface area (Å²) >= 11 is 0. The molecule has 0 saturated heterocycles. The summed E-state index contributed by atoms with van der Waals surface area (Å²) in [5.41, 5.74) is 2.68. The maximum atomic E-state index is 5.12. The minimum atomic E-state index is 0.915. The molecule has 2 rings (SSSR count). The first-order chi connectivity index (χ1) is 6.90. The lowest BCUT2D eigenvalue weighted by atomic mass is 10.0. The molecule has 0 saturated carbocycles. The van der Waals surface area contributed by atoms with Gasteiger partial charge in [-0.15, -0.1) is 0 Å². The van der Waals surface area contributed by atoms with Gasteiger partial charge in [0.15, 0.2) is 0 Å². The first kappa shape index (κ1) is 9.28. The van der Waals surface area contributed by atoms with Crippen LogP contribution in [0.2, 0.25) is 0 Å². The van der Waals surface area contributed by atoms with Crippen molar-refractivity contribution in [2.75, 3.05) is 20.2 Å². The third-order valence-corrected chi connectivity index (χ3v) is 2.49. The van der Waals surface area contributed by atoms with Crippen molar-refractivity contribution in [1.29, 1.82) is 0 Å². The van der Waals surface area contributed by atoms with Gasteiger partial charge < -0.3 is 10.1 Å². The summed E-state index contributed by atoms with van der Waals surface area (Å²) in [6, 6.07) is 8.23. The summed E-state index contributed by atoms with van der Waals surface area (Å²) in [5.74, 6) is 0.915. The van der Waals surface area contributed by atoms with Crippen LogP contribution in [-0.4, -0.2) is 20.2 Å². The van der Waals surface area contributed by atoms with E-state index in [1.165, 1.54) is 11.1 Å². The van der Waals surface area contributed by atoms with Gasteiger partial charge in [-0.25, -0.2) is 0 Å². The quantitative estimate of drug-likeness (QED) is 0.769. The highest BCUT2D eigenvalue weighted by Gasteiger charge is 2.04. The van der Waals surface area contributed by atoms with Gasteiger partial charge in [0.1, 0.15) is 5.75 Å². The van der Waals surface area contributed by atoms with Crippen LogP contribution in [0.1, 0.15) is 12.0 Å². The predicted octanol–water partition coefficient (Wildman–Crippen LogP) is 2.07. The first-order valence-corrected chi connectivity index (χ1v) is 4.94. The second-order valence-corrected chi connectivity index (χ2v) is 3.42. The van der Waals surface area contributed by atoms with E-state index in [9.17, 15) is 0 Å². The van der Waals surface area contributed by atoms with E-state index in [0.717, 1.165) is 25.3 Å². The average Bonchev–Trinajstić information content (AvgIpc) is 2.30. The molecular formula is C12H15NO. The van der Waals surface area contributed by atoms with E-state index in [-0.39, 0.29) is 0 Å². The number of hydrogen-bond acceptors (Lipinski definition) is 2. The highest BCUT2D eigenvalue weighted by Crippen LogP contribution is 2.19. The smallest absolute Gasteiger partial charge is 0.118 e. The molecule has 1 heterocycles. The first-order valence-electron chi connectivity index (χ1n) is 4.94. The molecule has 1 N–H and O–H groups in total. The van der Waals surface area contributed by atoms with Gasteiger partial charge in [0.2, 0.25) is 0 Å². The highest BCUT2D eigenvalue weighted by molar-refractivity contribution is 5.68. The Hall–Kier alpha value is -1.28. The molecule has 0 spiro atoms. The summed E-state index contributed by atoms with van der Waals surface area (Å²) in [5, 5.41) is 3.36. The van der Waals surface area contributed by atoms with Crippen molar-refractivity contribution in [3.05, 3.63) is 35.9 Å². The van der Waals surface area contributed by atoms with E-state index in [1.807, 2.05) is 12.1 Å². The number of nitrogens with one attached hydrogen (secondary N) is 1. The van der Waals surface area contributed by atoms with Gasteiger partial charge in [-0.05, 0) is 36.2 Å². The summed E-state index contributed by atoms with van der Waals surface area (Å²) in [7, 11) is 1.69. The largest absolute Gasteiger partial charge is 0.497 e. The van der Waals surface area contributed by atoms with Crippen molar-refractivity contribution in [1.82, 2.24) is 5.32 Å². The molecule has 0 aliphatic carbocycles. The van der Waals surface area contributed by atoms with Crippen molar-refractivity contribution in [3.8, 4) is 5.75 Å². The van der Waals surface area contributed by atoms with E-state index in [4.69, 9.17) is 4.74 Å². The van der Waals surface area contributed by atoms with Gasteiger partial charge >= 0.3 is 0 Å². The molecule has 0 amide bonds. The van der Waals surface area contributed by atoms with E-state index < -0.39 is 0 Å². The summed E-state index contributed by atoms with van der Waals surface area (Å²) in [6.07, 6.45) is 3.43. The Bertz CT molecular complexity index is 327. The van der Waals surface area contributed by atoms with Crippen LogP contribution >= 0.6 is 0 Å². The number of hydrogen-bond donors (Lipinski definition) is 1. The number of methoxy groups -OCH3 is 1. The van der Waals surface area contributed by atoms with E-state index in [1.54, 1.807) is 7.11 Å². The SMILES string of the molecule is COc1ccc(C2=CCCNC2)cc1. The fourth-order valence-electron chi connectivity index (χ4n) is 1.67. The van der Waals surface area contributed by atoms with Gasteiger partial charge in [-0.1, -0.05) is 18.2 Å². The van der Waals surface area contributed by atoms with Gasteiger partial charge in [0.05, 0.1) is 7.11 Å². The summed E-state index contributed by atoms with van der Waals surface area (Å²) in [6.45, 7) is 2.08. The van der Waals surface area contributed by atoms with E-state index in [0.29, 0.717) is 0 Å². The number of ether oxygens (including phenoxy) is 1. The van der Waals surface area contributed by atoms with Crippen LogP contribution in [-0.2, 0) is 0 Å². The lowest BCUT2D eigenvalue weighted by Crippen LogP contribution is -2.21. The van der Waals surface area contributed by atoms with Crippen molar-refractivity contribution in [3.63, 3.8) is 0 Å². The second kappa shape index (κ2) is 4.29. The van der Waals surface area contributed by atoms with Crippen molar-refractivity contribution in [2.24, 2.45) is 0 Å². The molecule has 0 fully saturated rings. The number of benzene rings is 1. The monoisotopic (exact) mass is 189 g/mol. The van der Waals surface area contributed by atoms with Crippen molar-refractivity contribution in [2.45, 2.75) is 6.42 Å². The maximum absolute atomic E-state index is 5.12. The normalized spacial score (nSPS) is 16.2. The zero-order valence-electron chi connectivity index (χ0n) is 8.42. The van der Waals surface area contributed by atoms with Crippen molar-refractivity contribution >= 4 is 5.57 Å². The summed E-state index contributed by atoms with van der Waals surface area (Å²) < 4.78 is 5.12. The Kier molecular flexibility index (Phi) is 2.84. The van der Waals surface area contributed by atoms with E-state index >= 15 is 0 Å². The highest BCUT2D eigenvalue weighted by atomic mass is 16.5. The Morgan fingerprint density at radius 3 is 2.57 bits per heavy atom. The van der Waals surface area contributed by atoms with Gasteiger partial charge in [0.25, 0.3) is 0 Å². The minimum Gasteiger partial charge on any atom is -0.497 e. The molecule has 1 aliphatic rings. The van der Waals surface area contributed by atoms with Crippen LogP contribution in [0.15, 0.2) is 30.3 Å². The third-order valence-electron chi connectivity index (χ3n) is 2.49. The van der Waals surface area contributed by atoms with Crippen molar-refractivity contribution < 1.29 is 4.74 Å². The molecule has 0 radical (unpaired) electrons. The zero-order chi connectivity index (χ0) is 9.80. The second-order valence-electron chi connectivity index (χ2n) is 3.42. The van der Waals surface area contributed by atoms with Crippen LogP contribution in [0.3, 0.4) is 0 Å². The topological polar surface area (TPSA) is 21.3 Å². The molecular weight excluding hydrogens is 174 g/mol. The van der Waals surface area contributed by atoms with Crippen LogP contribution in [0.25, 0.3) is 5.57 Å². The molecule has 2 heteroatoms. The zero-order valence-corrected chi connectivity index (χ0v) is 8.42. The Morgan fingerprint density at radius 2 is 2.00 bits per heavy atom. The molecule has 1 aliphatic heterocycles. The lowest BCUT2D eigenvalue weighted by Gasteiger charge is -2.14. The Labute approximate surface area is 84.6 Å².